The number of hydrogen-bond acceptors (Lipinski definition) is 6. The van der Waals surface area contributed by atoms with Crippen molar-refractivity contribution in [1.29, 1.82) is 5.26 Å². The van der Waals surface area contributed by atoms with Crippen molar-refractivity contribution in [3.05, 3.63) is 58.6 Å². The highest BCUT2D eigenvalue weighted by molar-refractivity contribution is 7.15. The first kappa shape index (κ1) is 23.6. The molecule has 35 heavy (non-hydrogen) atoms. The van der Waals surface area contributed by atoms with Gasteiger partial charge in [-0.1, -0.05) is 18.2 Å². The fourth-order valence-corrected chi connectivity index (χ4v) is 6.34. The third kappa shape index (κ3) is 4.84. The number of carbonyl (C=O) groups is 1. The molecular formula is C27H30N4O3S. The number of aliphatic hydroxyl groups is 1. The standard InChI is InChI=1S/C27H30N4O3S/c1-16(2)34-24-9-6-17(12-18(24)13-28)26-29-14-25(35-26)22-5-3-4-21-20(22)7-8-23(21)30-27(33)31-11-10-19(32)15-31/h3-6,9,12,14,16,19-20,22-23,32H,7-8,10-11,15H2,1-2H3,(H,30,33)/t19-,20?,22?,23-/m0/s1. The van der Waals surface area contributed by atoms with E-state index < -0.39 is 6.10 Å². The second kappa shape index (κ2) is 9.84. The predicted octanol–water partition coefficient (Wildman–Crippen LogP) is 4.60. The Morgan fingerprint density at radius 2 is 2.20 bits per heavy atom. The lowest BCUT2D eigenvalue weighted by atomic mass is 9.83. The Morgan fingerprint density at radius 3 is 2.94 bits per heavy atom. The Hall–Kier alpha value is -3.15. The number of allylic oxidation sites excluding steroid dienone is 3. The van der Waals surface area contributed by atoms with Crippen molar-refractivity contribution in [2.75, 3.05) is 13.1 Å². The molecule has 2 aliphatic carbocycles. The van der Waals surface area contributed by atoms with Crippen LogP contribution in [0.4, 0.5) is 4.79 Å². The molecule has 2 fully saturated rings. The van der Waals surface area contributed by atoms with Crippen LogP contribution in [0.1, 0.15) is 49.5 Å². The van der Waals surface area contributed by atoms with Gasteiger partial charge in [0.1, 0.15) is 16.8 Å². The predicted molar refractivity (Wildman–Crippen MR) is 135 cm³/mol. The quantitative estimate of drug-likeness (QED) is 0.638. The molecule has 1 saturated heterocycles. The maximum atomic E-state index is 12.7. The average molecular weight is 491 g/mol. The number of thiazole rings is 1. The number of nitrogens with zero attached hydrogens (tertiary/aromatic N) is 3. The van der Waals surface area contributed by atoms with Gasteiger partial charge in [-0.2, -0.15) is 5.26 Å². The van der Waals surface area contributed by atoms with Crippen LogP contribution < -0.4 is 10.1 Å². The van der Waals surface area contributed by atoms with Crippen LogP contribution in [0.3, 0.4) is 0 Å². The van der Waals surface area contributed by atoms with E-state index in [1.807, 2.05) is 38.2 Å². The highest BCUT2D eigenvalue weighted by Crippen LogP contribution is 2.46. The highest BCUT2D eigenvalue weighted by Gasteiger charge is 2.38. The summed E-state index contributed by atoms with van der Waals surface area (Å²) in [7, 11) is 0. The van der Waals surface area contributed by atoms with Crippen LogP contribution >= 0.6 is 11.3 Å². The normalized spacial score (nSPS) is 25.3. The van der Waals surface area contributed by atoms with Crippen molar-refractivity contribution in [3.8, 4) is 22.4 Å². The number of hydrogen-bond donors (Lipinski definition) is 2. The van der Waals surface area contributed by atoms with E-state index in [9.17, 15) is 15.2 Å². The summed E-state index contributed by atoms with van der Waals surface area (Å²) in [5.41, 5.74) is 2.69. The van der Waals surface area contributed by atoms with Gasteiger partial charge in [0.25, 0.3) is 0 Å². The zero-order valence-corrected chi connectivity index (χ0v) is 20.8. The smallest absolute Gasteiger partial charge is 0.317 e. The molecule has 7 nitrogen and oxygen atoms in total. The van der Waals surface area contributed by atoms with Gasteiger partial charge in [0.15, 0.2) is 0 Å². The van der Waals surface area contributed by atoms with Gasteiger partial charge in [0.2, 0.25) is 0 Å². The minimum atomic E-state index is -0.415. The van der Waals surface area contributed by atoms with Gasteiger partial charge in [-0.25, -0.2) is 9.78 Å². The highest BCUT2D eigenvalue weighted by atomic mass is 32.1. The molecule has 2 N–H and O–H groups in total. The van der Waals surface area contributed by atoms with Gasteiger partial charge in [0, 0.05) is 35.6 Å². The summed E-state index contributed by atoms with van der Waals surface area (Å²) in [4.78, 5) is 20.3. The molecule has 2 amide bonds. The Morgan fingerprint density at radius 1 is 1.34 bits per heavy atom. The van der Waals surface area contributed by atoms with Crippen molar-refractivity contribution in [1.82, 2.24) is 15.2 Å². The third-order valence-electron chi connectivity index (χ3n) is 6.95. The van der Waals surface area contributed by atoms with E-state index in [2.05, 4.69) is 34.6 Å². The molecule has 0 bridgehead atoms. The molecule has 0 radical (unpaired) electrons. The van der Waals surface area contributed by atoms with Gasteiger partial charge >= 0.3 is 6.03 Å². The second-order valence-corrected chi connectivity index (χ2v) is 10.8. The van der Waals surface area contributed by atoms with E-state index in [1.54, 1.807) is 16.2 Å². The van der Waals surface area contributed by atoms with E-state index in [4.69, 9.17) is 4.74 Å². The Bertz CT molecular complexity index is 1210. The molecule has 8 heteroatoms. The van der Waals surface area contributed by atoms with Crippen LogP contribution in [-0.2, 0) is 0 Å². The van der Waals surface area contributed by atoms with Crippen molar-refractivity contribution < 1.29 is 14.6 Å². The number of aromatic nitrogens is 1. The maximum absolute atomic E-state index is 12.7. The first-order valence-electron chi connectivity index (χ1n) is 12.2. The van der Waals surface area contributed by atoms with E-state index in [0.29, 0.717) is 36.7 Å². The Kier molecular flexibility index (Phi) is 6.63. The lowest BCUT2D eigenvalue weighted by Crippen LogP contribution is -2.44. The minimum Gasteiger partial charge on any atom is -0.490 e. The molecule has 1 saturated carbocycles. The number of nitriles is 1. The second-order valence-electron chi connectivity index (χ2n) is 9.71. The molecule has 1 aliphatic heterocycles. The van der Waals surface area contributed by atoms with Crippen molar-refractivity contribution in [3.63, 3.8) is 0 Å². The Labute approximate surface area is 209 Å². The zero-order chi connectivity index (χ0) is 24.5. The Balaban J connectivity index is 1.30. The number of likely N-dealkylation sites (tertiary alicyclic amines) is 1. The zero-order valence-electron chi connectivity index (χ0n) is 20.0. The fourth-order valence-electron chi connectivity index (χ4n) is 5.28. The summed E-state index contributed by atoms with van der Waals surface area (Å²) in [5, 5.41) is 23.4. The van der Waals surface area contributed by atoms with Crippen LogP contribution in [0.25, 0.3) is 10.6 Å². The number of β-amino-alcohol motifs (C(OH)–C–C–N with tert-alkyl or cyclic N) is 1. The monoisotopic (exact) mass is 490 g/mol. The number of amides is 2. The summed E-state index contributed by atoms with van der Waals surface area (Å²) >= 11 is 1.65. The molecule has 2 heterocycles. The maximum Gasteiger partial charge on any atom is 0.317 e. The molecule has 3 aliphatic rings. The van der Waals surface area contributed by atoms with Crippen LogP contribution in [0.5, 0.6) is 5.75 Å². The van der Waals surface area contributed by atoms with Crippen molar-refractivity contribution in [2.45, 2.75) is 57.3 Å². The molecular weight excluding hydrogens is 460 g/mol. The summed E-state index contributed by atoms with van der Waals surface area (Å²) in [5.74, 6) is 1.14. The molecule has 1 aromatic heterocycles. The lowest BCUT2D eigenvalue weighted by molar-refractivity contribution is 0.171. The molecule has 4 atom stereocenters. The fraction of sp³-hybridized carbons (Fsp3) is 0.444. The van der Waals surface area contributed by atoms with E-state index in [-0.39, 0.29) is 24.1 Å². The molecule has 2 aromatic rings. The van der Waals surface area contributed by atoms with Crippen LogP contribution in [0.2, 0.25) is 0 Å². The topological polar surface area (TPSA) is 98.5 Å². The van der Waals surface area contributed by atoms with Crippen LogP contribution in [0.15, 0.2) is 48.2 Å². The number of benzene rings is 1. The average Bonchev–Trinajstić information content (AvgIpc) is 3.59. The van der Waals surface area contributed by atoms with E-state index in [0.717, 1.165) is 23.4 Å². The third-order valence-corrected chi connectivity index (χ3v) is 8.10. The van der Waals surface area contributed by atoms with Crippen LogP contribution in [-0.4, -0.2) is 52.4 Å². The molecule has 1 aromatic carbocycles. The van der Waals surface area contributed by atoms with Crippen molar-refractivity contribution in [2.24, 2.45) is 5.92 Å². The number of nitrogens with one attached hydrogen (secondary N) is 1. The minimum absolute atomic E-state index is 0.00159. The van der Waals surface area contributed by atoms with E-state index in [1.165, 1.54) is 10.5 Å². The largest absolute Gasteiger partial charge is 0.490 e. The summed E-state index contributed by atoms with van der Waals surface area (Å²) in [6.45, 7) is 4.90. The molecule has 182 valence electrons. The number of rotatable bonds is 5. The number of aliphatic hydroxyl groups excluding tert-OH is 1. The summed E-state index contributed by atoms with van der Waals surface area (Å²) in [6.07, 6.45) is 10.5. The summed E-state index contributed by atoms with van der Waals surface area (Å²) < 4.78 is 5.75. The number of carbonyl (C=O) groups excluding carboxylic acids is 1. The van der Waals surface area contributed by atoms with Crippen LogP contribution in [0, 0.1) is 17.2 Å². The first-order chi connectivity index (χ1) is 16.9. The van der Waals surface area contributed by atoms with Gasteiger partial charge in [-0.3, -0.25) is 0 Å². The van der Waals surface area contributed by atoms with Gasteiger partial charge in [0.05, 0.1) is 23.8 Å². The lowest BCUT2D eigenvalue weighted by Gasteiger charge is -2.27. The molecule has 5 rings (SSSR count). The number of ether oxygens (including phenoxy) is 1. The summed E-state index contributed by atoms with van der Waals surface area (Å²) in [6, 6.07) is 7.83. The molecule has 2 unspecified atom stereocenters. The van der Waals surface area contributed by atoms with Crippen molar-refractivity contribution >= 4 is 17.4 Å². The first-order valence-corrected chi connectivity index (χ1v) is 13.0. The molecule has 0 spiro atoms. The number of urea groups is 1. The van der Waals surface area contributed by atoms with Gasteiger partial charge in [-0.05, 0) is 62.8 Å². The van der Waals surface area contributed by atoms with Gasteiger partial charge < -0.3 is 20.1 Å². The van der Waals surface area contributed by atoms with Gasteiger partial charge in [-0.15, -0.1) is 11.3 Å². The SMILES string of the molecule is CC(C)Oc1ccc(-c2ncc(C3C=CC=C4C3CC[C@@H]4NC(=O)N3CC[C@H](O)C3)s2)cc1C#N. The van der Waals surface area contributed by atoms with E-state index >= 15 is 0 Å². The number of fused-ring (bicyclic) bond motifs is 1.